The van der Waals surface area contributed by atoms with Gasteiger partial charge in [-0.15, -0.1) is 0 Å². The number of hydrazone groups is 1. The van der Waals surface area contributed by atoms with Gasteiger partial charge in [-0.25, -0.2) is 4.79 Å². The molecule has 0 radical (unpaired) electrons. The van der Waals surface area contributed by atoms with Gasteiger partial charge in [-0.3, -0.25) is 9.59 Å². The van der Waals surface area contributed by atoms with E-state index in [2.05, 4.69) is 17.3 Å². The minimum Gasteiger partial charge on any atom is -0.462 e. The first-order valence-electron chi connectivity index (χ1n) is 10.0. The number of allylic oxidation sites excluding steroid dienone is 2. The largest absolute Gasteiger partial charge is 0.462 e. The monoisotopic (exact) mass is 404 g/mol. The van der Waals surface area contributed by atoms with E-state index >= 15 is 0 Å². The Balaban J connectivity index is 1.30. The zero-order chi connectivity index (χ0) is 20.8. The molecule has 1 aromatic carbocycles. The van der Waals surface area contributed by atoms with Crippen molar-refractivity contribution >= 4 is 24.0 Å². The number of esters is 1. The Labute approximate surface area is 173 Å². The van der Waals surface area contributed by atoms with Crippen molar-refractivity contribution in [2.45, 2.75) is 13.3 Å². The number of fused-ring (bicyclic) bond motifs is 5. The van der Waals surface area contributed by atoms with E-state index in [-0.39, 0.29) is 41.5 Å². The van der Waals surface area contributed by atoms with Crippen molar-refractivity contribution in [3.8, 4) is 11.3 Å². The number of hydrogen-bond donors (Lipinski definition) is 0. The quantitative estimate of drug-likeness (QED) is 0.330. The average Bonchev–Trinajstić information content (AvgIpc) is 3.52. The van der Waals surface area contributed by atoms with Gasteiger partial charge in [0.2, 0.25) is 0 Å². The normalized spacial score (nSPS) is 26.8. The molecule has 7 heteroatoms. The van der Waals surface area contributed by atoms with Crippen LogP contribution in [0.1, 0.15) is 29.5 Å². The topological polar surface area (TPSA) is 89.2 Å². The van der Waals surface area contributed by atoms with Crippen molar-refractivity contribution in [1.29, 1.82) is 0 Å². The first-order chi connectivity index (χ1) is 14.6. The fourth-order valence-electron chi connectivity index (χ4n) is 4.68. The number of nitrogens with zero attached hydrogens (tertiary/aromatic N) is 2. The summed E-state index contributed by atoms with van der Waals surface area (Å²) in [7, 11) is 0. The third-order valence-corrected chi connectivity index (χ3v) is 6.05. The van der Waals surface area contributed by atoms with Crippen LogP contribution in [0.15, 0.2) is 58.1 Å². The van der Waals surface area contributed by atoms with Crippen LogP contribution in [0.25, 0.3) is 11.3 Å². The third kappa shape index (κ3) is 2.89. The summed E-state index contributed by atoms with van der Waals surface area (Å²) < 4.78 is 10.7. The van der Waals surface area contributed by atoms with Crippen LogP contribution in [-0.2, 0) is 14.3 Å². The molecule has 1 saturated carbocycles. The highest BCUT2D eigenvalue weighted by molar-refractivity contribution is 6.06. The smallest absolute Gasteiger partial charge is 0.338 e. The molecule has 30 heavy (non-hydrogen) atoms. The van der Waals surface area contributed by atoms with Crippen LogP contribution in [0.5, 0.6) is 0 Å². The minimum absolute atomic E-state index is 0.157. The van der Waals surface area contributed by atoms with Gasteiger partial charge in [0.25, 0.3) is 11.8 Å². The molecule has 2 bridgehead atoms. The van der Waals surface area contributed by atoms with Crippen molar-refractivity contribution in [3.63, 3.8) is 0 Å². The maximum Gasteiger partial charge on any atom is 0.338 e. The molecule has 0 N–H and O–H groups in total. The molecular weight excluding hydrogens is 384 g/mol. The van der Waals surface area contributed by atoms with Gasteiger partial charge in [-0.05, 0) is 49.4 Å². The number of rotatable bonds is 5. The fourth-order valence-corrected chi connectivity index (χ4v) is 4.68. The van der Waals surface area contributed by atoms with E-state index in [1.807, 2.05) is 0 Å². The number of amides is 2. The van der Waals surface area contributed by atoms with Crippen LogP contribution in [0.2, 0.25) is 0 Å². The van der Waals surface area contributed by atoms with Crippen LogP contribution >= 0.6 is 0 Å². The standard InChI is InChI=1S/C23H20N2O5/c1-2-29-23(28)14-5-3-13(4-6-14)18-10-9-17(30-18)12-24-25-21(26)19-15-7-8-16(11-15)20(19)22(25)27/h3-10,12,15-16,19-20H,2,11H2,1H3/b24-12-/t15-,16-,19+,20+/m1/s1. The van der Waals surface area contributed by atoms with E-state index in [1.54, 1.807) is 43.3 Å². The number of carbonyl (C=O) groups excluding carboxylic acids is 3. The van der Waals surface area contributed by atoms with Crippen molar-refractivity contribution in [3.05, 3.63) is 59.9 Å². The lowest BCUT2D eigenvalue weighted by Crippen LogP contribution is -2.28. The fraction of sp³-hybridized carbons (Fsp3) is 0.304. The summed E-state index contributed by atoms with van der Waals surface area (Å²) >= 11 is 0. The van der Waals surface area contributed by atoms with Gasteiger partial charge in [-0.1, -0.05) is 24.3 Å². The van der Waals surface area contributed by atoms with Crippen LogP contribution in [0.4, 0.5) is 0 Å². The predicted molar refractivity (Wildman–Crippen MR) is 107 cm³/mol. The molecule has 2 amide bonds. The lowest BCUT2D eigenvalue weighted by atomic mass is 9.85. The van der Waals surface area contributed by atoms with Gasteiger partial charge < -0.3 is 9.15 Å². The summed E-state index contributed by atoms with van der Waals surface area (Å²) in [5, 5.41) is 5.12. The van der Waals surface area contributed by atoms with Crippen LogP contribution in [0, 0.1) is 23.7 Å². The Morgan fingerprint density at radius 1 is 1.10 bits per heavy atom. The summed E-state index contributed by atoms with van der Waals surface area (Å²) in [6.45, 7) is 2.08. The molecule has 0 unspecified atom stereocenters. The molecule has 4 atom stereocenters. The zero-order valence-corrected chi connectivity index (χ0v) is 16.4. The molecule has 2 fully saturated rings. The summed E-state index contributed by atoms with van der Waals surface area (Å²) in [6.07, 6.45) is 6.38. The Morgan fingerprint density at radius 3 is 2.40 bits per heavy atom. The highest BCUT2D eigenvalue weighted by Crippen LogP contribution is 2.52. The zero-order valence-electron chi connectivity index (χ0n) is 16.4. The number of imide groups is 1. The molecule has 2 aliphatic carbocycles. The predicted octanol–water partition coefficient (Wildman–Crippen LogP) is 3.26. The van der Waals surface area contributed by atoms with Crippen molar-refractivity contribution in [2.75, 3.05) is 6.61 Å². The first kappa shape index (κ1) is 18.5. The number of benzene rings is 1. The average molecular weight is 404 g/mol. The second kappa shape index (κ2) is 7.09. The van der Waals surface area contributed by atoms with E-state index in [0.29, 0.717) is 23.7 Å². The van der Waals surface area contributed by atoms with Crippen LogP contribution in [-0.4, -0.2) is 35.6 Å². The Kier molecular flexibility index (Phi) is 4.38. The third-order valence-electron chi connectivity index (χ3n) is 6.05. The van der Waals surface area contributed by atoms with E-state index in [4.69, 9.17) is 9.15 Å². The molecule has 1 saturated heterocycles. The van der Waals surface area contributed by atoms with Gasteiger partial charge in [0, 0.05) is 5.56 Å². The molecule has 5 rings (SSSR count). The summed E-state index contributed by atoms with van der Waals surface area (Å²) in [6, 6.07) is 10.4. The summed E-state index contributed by atoms with van der Waals surface area (Å²) in [5.41, 5.74) is 1.25. The maximum atomic E-state index is 12.7. The maximum absolute atomic E-state index is 12.7. The molecule has 0 spiro atoms. The minimum atomic E-state index is -0.371. The summed E-state index contributed by atoms with van der Waals surface area (Å²) in [4.78, 5) is 37.1. The second-order valence-electron chi connectivity index (χ2n) is 7.73. The van der Waals surface area contributed by atoms with Crippen LogP contribution < -0.4 is 0 Å². The molecular formula is C23H20N2O5. The lowest BCUT2D eigenvalue weighted by Gasteiger charge is -2.13. The number of furan rings is 1. The van der Waals surface area contributed by atoms with Crippen molar-refractivity contribution < 1.29 is 23.5 Å². The first-order valence-corrected chi connectivity index (χ1v) is 10.0. The Bertz CT molecular complexity index is 1050. The molecule has 152 valence electrons. The number of carbonyl (C=O) groups is 3. The van der Waals surface area contributed by atoms with Gasteiger partial charge in [0.15, 0.2) is 0 Å². The Morgan fingerprint density at radius 2 is 1.77 bits per heavy atom. The lowest BCUT2D eigenvalue weighted by molar-refractivity contribution is -0.140. The SMILES string of the molecule is CCOC(=O)c1ccc(-c2ccc(/C=N\N3C(=O)[C@@H]4[C@@H](C3=O)[C@@H]3C=C[C@@H]4C3)o2)cc1. The summed E-state index contributed by atoms with van der Waals surface area (Å²) in [5.74, 6) is -0.0230. The molecule has 2 heterocycles. The highest BCUT2D eigenvalue weighted by atomic mass is 16.5. The molecule has 1 aromatic heterocycles. The van der Waals surface area contributed by atoms with Crippen molar-refractivity contribution in [2.24, 2.45) is 28.8 Å². The number of hydrogen-bond acceptors (Lipinski definition) is 6. The highest BCUT2D eigenvalue weighted by Gasteiger charge is 2.59. The molecule has 1 aliphatic heterocycles. The van der Waals surface area contributed by atoms with Gasteiger partial charge in [0.05, 0.1) is 30.2 Å². The molecule has 2 aromatic rings. The Hall–Kier alpha value is -3.48. The van der Waals surface area contributed by atoms with E-state index in [9.17, 15) is 14.4 Å². The number of ether oxygens (including phenoxy) is 1. The van der Waals surface area contributed by atoms with Gasteiger partial charge in [0.1, 0.15) is 11.5 Å². The van der Waals surface area contributed by atoms with E-state index < -0.39 is 0 Å². The molecule has 7 nitrogen and oxygen atoms in total. The second-order valence-corrected chi connectivity index (χ2v) is 7.73. The van der Waals surface area contributed by atoms with Gasteiger partial charge in [-0.2, -0.15) is 10.1 Å². The van der Waals surface area contributed by atoms with Gasteiger partial charge >= 0.3 is 5.97 Å². The van der Waals surface area contributed by atoms with E-state index in [0.717, 1.165) is 17.0 Å². The molecule has 3 aliphatic rings. The van der Waals surface area contributed by atoms with E-state index in [1.165, 1.54) is 6.21 Å². The van der Waals surface area contributed by atoms with Crippen molar-refractivity contribution in [1.82, 2.24) is 5.01 Å². The van der Waals surface area contributed by atoms with Crippen LogP contribution in [0.3, 0.4) is 0 Å².